The lowest BCUT2D eigenvalue weighted by atomic mass is 9.80. The van der Waals surface area contributed by atoms with E-state index in [1.54, 1.807) is 5.92 Å². The van der Waals surface area contributed by atoms with E-state index in [-0.39, 0.29) is 5.46 Å². The molecule has 0 radical (unpaired) electrons. The van der Waals surface area contributed by atoms with E-state index >= 15 is 0 Å². The average Bonchev–Trinajstić information content (AvgIpc) is 2.14. The lowest BCUT2D eigenvalue weighted by Crippen LogP contribution is -2.30. The summed E-state index contributed by atoms with van der Waals surface area (Å²) in [5, 5.41) is 17.3. The number of hydrogen-bond donors (Lipinski definition) is 2. The summed E-state index contributed by atoms with van der Waals surface area (Å²) in [5.74, 6) is 1.48. The molecule has 0 amide bonds. The molecule has 7 heteroatoms. The molecule has 0 heterocycles. The second kappa shape index (κ2) is 4.55. The first-order valence-corrected chi connectivity index (χ1v) is 4.05. The van der Waals surface area contributed by atoms with Crippen molar-refractivity contribution in [2.75, 3.05) is 0 Å². The van der Waals surface area contributed by atoms with E-state index in [2.05, 4.69) is 0 Å². The van der Waals surface area contributed by atoms with E-state index in [0.29, 0.717) is 6.07 Å². The van der Waals surface area contributed by atoms with Gasteiger partial charge in [-0.1, -0.05) is 12.0 Å². The SMILES string of the molecule is OB(O)c1ccc(C#CC(F)(F)F)c(F)c1. The molecule has 0 aliphatic carbocycles. The van der Waals surface area contributed by atoms with E-state index in [9.17, 15) is 17.6 Å². The monoisotopic (exact) mass is 232 g/mol. The van der Waals surface area contributed by atoms with E-state index in [4.69, 9.17) is 10.0 Å². The molecule has 1 aromatic rings. The molecule has 0 saturated carbocycles. The van der Waals surface area contributed by atoms with Gasteiger partial charge >= 0.3 is 13.3 Å². The maximum atomic E-state index is 13.1. The van der Waals surface area contributed by atoms with Crippen LogP contribution in [0.15, 0.2) is 18.2 Å². The molecule has 84 valence electrons. The van der Waals surface area contributed by atoms with E-state index in [1.807, 2.05) is 0 Å². The lowest BCUT2D eigenvalue weighted by Gasteiger charge is -2.00. The predicted octanol–water partition coefficient (Wildman–Crippen LogP) is 0.419. The molecule has 0 atom stereocenters. The molecule has 2 N–H and O–H groups in total. The van der Waals surface area contributed by atoms with Crippen LogP contribution in [0.4, 0.5) is 17.6 Å². The molecule has 1 rings (SSSR count). The Morgan fingerprint density at radius 1 is 1.19 bits per heavy atom. The van der Waals surface area contributed by atoms with Gasteiger partial charge in [0.15, 0.2) is 0 Å². The Balaban J connectivity index is 3.04. The summed E-state index contributed by atoms with van der Waals surface area (Å²) in [6.07, 6.45) is -4.69. The second-order valence-corrected chi connectivity index (χ2v) is 2.86. The third-order valence-corrected chi connectivity index (χ3v) is 1.63. The van der Waals surface area contributed by atoms with Gasteiger partial charge in [0.1, 0.15) is 5.82 Å². The van der Waals surface area contributed by atoms with Crippen LogP contribution in [-0.2, 0) is 0 Å². The summed E-state index contributed by atoms with van der Waals surface area (Å²) >= 11 is 0. The molecule has 0 bridgehead atoms. The molecular formula is C9H5BF4O2. The summed E-state index contributed by atoms with van der Waals surface area (Å²) in [5.41, 5.74) is -0.614. The highest BCUT2D eigenvalue weighted by atomic mass is 19.4. The van der Waals surface area contributed by atoms with Gasteiger partial charge in [-0.2, -0.15) is 13.2 Å². The van der Waals surface area contributed by atoms with Gasteiger partial charge in [-0.15, -0.1) is 0 Å². The third kappa shape index (κ3) is 3.57. The van der Waals surface area contributed by atoms with E-state index < -0.39 is 24.7 Å². The Kier molecular flexibility index (Phi) is 3.57. The van der Waals surface area contributed by atoms with Crippen LogP contribution in [0.25, 0.3) is 0 Å². The van der Waals surface area contributed by atoms with Gasteiger partial charge in [0, 0.05) is 5.92 Å². The average molecular weight is 232 g/mol. The molecule has 0 aromatic heterocycles. The maximum absolute atomic E-state index is 13.1. The van der Waals surface area contributed by atoms with Crippen molar-refractivity contribution in [3.8, 4) is 11.8 Å². The molecule has 0 unspecified atom stereocenters. The van der Waals surface area contributed by atoms with Crippen molar-refractivity contribution in [3.05, 3.63) is 29.6 Å². The molecule has 0 aliphatic rings. The number of halogens is 4. The fourth-order valence-corrected chi connectivity index (χ4v) is 0.932. The maximum Gasteiger partial charge on any atom is 0.488 e. The largest absolute Gasteiger partial charge is 0.488 e. The molecule has 16 heavy (non-hydrogen) atoms. The van der Waals surface area contributed by atoms with Crippen LogP contribution in [0.2, 0.25) is 0 Å². The van der Waals surface area contributed by atoms with Crippen LogP contribution in [0.5, 0.6) is 0 Å². The first-order chi connectivity index (χ1) is 7.29. The highest BCUT2D eigenvalue weighted by Crippen LogP contribution is 2.13. The van der Waals surface area contributed by atoms with Gasteiger partial charge in [-0.05, 0) is 17.6 Å². The standard InChI is InChI=1S/C9H5BF4O2/c11-8-5-7(10(15)16)2-1-6(8)3-4-9(12,13)14/h1-2,5,15-16H. The molecule has 2 nitrogen and oxygen atoms in total. The van der Waals surface area contributed by atoms with Crippen LogP contribution in [-0.4, -0.2) is 23.3 Å². The zero-order valence-electron chi connectivity index (χ0n) is 7.72. The Morgan fingerprint density at radius 3 is 2.25 bits per heavy atom. The van der Waals surface area contributed by atoms with Crippen molar-refractivity contribution in [1.29, 1.82) is 0 Å². The number of rotatable bonds is 1. The minimum atomic E-state index is -4.69. The van der Waals surface area contributed by atoms with Crippen molar-refractivity contribution in [3.63, 3.8) is 0 Å². The van der Waals surface area contributed by atoms with Gasteiger partial charge in [0.05, 0.1) is 5.56 Å². The Hall–Kier alpha value is -1.52. The number of hydrogen-bond acceptors (Lipinski definition) is 2. The molecular weight excluding hydrogens is 227 g/mol. The Labute approximate surface area is 88.7 Å². The van der Waals surface area contributed by atoms with E-state index in [1.165, 1.54) is 0 Å². The van der Waals surface area contributed by atoms with Gasteiger partial charge < -0.3 is 10.0 Å². The zero-order valence-corrected chi connectivity index (χ0v) is 7.72. The highest BCUT2D eigenvalue weighted by molar-refractivity contribution is 6.58. The van der Waals surface area contributed by atoms with Crippen molar-refractivity contribution in [1.82, 2.24) is 0 Å². The molecule has 1 aromatic carbocycles. The fourth-order valence-electron chi connectivity index (χ4n) is 0.932. The van der Waals surface area contributed by atoms with Crippen molar-refractivity contribution >= 4 is 12.6 Å². The van der Waals surface area contributed by atoms with Crippen LogP contribution >= 0.6 is 0 Å². The molecule has 0 aliphatic heterocycles. The summed E-state index contributed by atoms with van der Waals surface area (Å²) in [7, 11) is -1.88. The van der Waals surface area contributed by atoms with Crippen molar-refractivity contribution < 1.29 is 27.6 Å². The first kappa shape index (κ1) is 12.6. The summed E-state index contributed by atoms with van der Waals surface area (Å²) < 4.78 is 48.2. The zero-order chi connectivity index (χ0) is 12.3. The normalized spacial score (nSPS) is 10.6. The molecule has 0 saturated heterocycles. The van der Waals surface area contributed by atoms with Crippen LogP contribution < -0.4 is 5.46 Å². The quantitative estimate of drug-likeness (QED) is 0.418. The third-order valence-electron chi connectivity index (χ3n) is 1.63. The molecule has 0 fully saturated rings. The van der Waals surface area contributed by atoms with Crippen molar-refractivity contribution in [2.24, 2.45) is 0 Å². The van der Waals surface area contributed by atoms with Gasteiger partial charge in [-0.25, -0.2) is 4.39 Å². The Bertz CT molecular complexity index is 445. The van der Waals surface area contributed by atoms with Crippen LogP contribution in [0.3, 0.4) is 0 Å². The highest BCUT2D eigenvalue weighted by Gasteiger charge is 2.23. The summed E-state index contributed by atoms with van der Waals surface area (Å²) in [6, 6.07) is 2.74. The van der Waals surface area contributed by atoms with Gasteiger partial charge in [-0.3, -0.25) is 0 Å². The smallest absolute Gasteiger partial charge is 0.423 e. The van der Waals surface area contributed by atoms with Crippen LogP contribution in [0, 0.1) is 17.7 Å². The lowest BCUT2D eigenvalue weighted by molar-refractivity contribution is -0.0696. The topological polar surface area (TPSA) is 40.5 Å². The fraction of sp³-hybridized carbons (Fsp3) is 0.111. The minimum Gasteiger partial charge on any atom is -0.423 e. The first-order valence-electron chi connectivity index (χ1n) is 4.05. The summed E-state index contributed by atoms with van der Waals surface area (Å²) in [4.78, 5) is 0. The molecule has 0 spiro atoms. The number of benzene rings is 1. The van der Waals surface area contributed by atoms with Gasteiger partial charge in [0.2, 0.25) is 0 Å². The van der Waals surface area contributed by atoms with Crippen LogP contribution in [0.1, 0.15) is 5.56 Å². The number of alkyl halides is 3. The summed E-state index contributed by atoms with van der Waals surface area (Å²) in [6.45, 7) is 0. The van der Waals surface area contributed by atoms with Gasteiger partial charge in [0.25, 0.3) is 0 Å². The van der Waals surface area contributed by atoms with Crippen molar-refractivity contribution in [2.45, 2.75) is 6.18 Å². The Morgan fingerprint density at radius 2 is 1.81 bits per heavy atom. The minimum absolute atomic E-state index is 0.157. The second-order valence-electron chi connectivity index (χ2n) is 2.86. The predicted molar refractivity (Wildman–Crippen MR) is 49.2 cm³/mol. The van der Waals surface area contributed by atoms with E-state index in [0.717, 1.165) is 18.1 Å².